The van der Waals surface area contributed by atoms with Crippen LogP contribution < -0.4 is 4.72 Å². The number of benzene rings is 1. The van der Waals surface area contributed by atoms with Gasteiger partial charge in [-0.1, -0.05) is 24.6 Å². The molecule has 0 aliphatic heterocycles. The first-order valence-corrected chi connectivity index (χ1v) is 7.42. The lowest BCUT2D eigenvalue weighted by atomic mass is 10.2. The highest BCUT2D eigenvalue weighted by Gasteiger charge is 2.21. The van der Waals surface area contributed by atoms with E-state index in [1.807, 2.05) is 19.9 Å². The molecule has 0 heterocycles. The number of nitrogens with zero attached hydrogens (tertiary/aromatic N) is 1. The molecule has 1 aromatic rings. The van der Waals surface area contributed by atoms with E-state index < -0.39 is 16.1 Å². The molecule has 6 heteroatoms. The number of hydrogen-bond acceptors (Lipinski definition) is 3. The van der Waals surface area contributed by atoms with Crippen LogP contribution in [0.5, 0.6) is 0 Å². The van der Waals surface area contributed by atoms with Crippen LogP contribution in [0.1, 0.15) is 25.3 Å². The van der Waals surface area contributed by atoms with E-state index in [9.17, 15) is 8.42 Å². The Labute approximate surface area is 113 Å². The zero-order valence-electron chi connectivity index (χ0n) is 10.3. The van der Waals surface area contributed by atoms with Crippen LogP contribution in [0, 0.1) is 18.3 Å². The van der Waals surface area contributed by atoms with Gasteiger partial charge in [0.05, 0.1) is 17.5 Å². The molecule has 98 valence electrons. The average molecular weight is 287 g/mol. The topological polar surface area (TPSA) is 70.0 Å². The second-order valence-corrected chi connectivity index (χ2v) is 6.11. The highest BCUT2D eigenvalue weighted by atomic mass is 35.5. The fourth-order valence-electron chi connectivity index (χ4n) is 1.49. The van der Waals surface area contributed by atoms with Gasteiger partial charge in [0.2, 0.25) is 10.0 Å². The summed E-state index contributed by atoms with van der Waals surface area (Å²) in [4.78, 5) is 0.0474. The lowest BCUT2D eigenvalue weighted by Crippen LogP contribution is -2.34. The number of nitrogens with one attached hydrogen (secondary N) is 1. The number of halogens is 1. The van der Waals surface area contributed by atoms with Gasteiger partial charge in [-0.25, -0.2) is 13.1 Å². The molecule has 0 aliphatic rings. The SMILES string of the molecule is CCC(CC#N)NS(=O)(=O)c1ccc(C)cc1Cl. The summed E-state index contributed by atoms with van der Waals surface area (Å²) in [5.41, 5.74) is 0.892. The van der Waals surface area contributed by atoms with Gasteiger partial charge in [-0.2, -0.15) is 5.26 Å². The maximum atomic E-state index is 12.1. The third kappa shape index (κ3) is 3.70. The molecule has 1 atom stereocenters. The van der Waals surface area contributed by atoms with Crippen molar-refractivity contribution < 1.29 is 8.42 Å². The Balaban J connectivity index is 3.03. The van der Waals surface area contributed by atoms with Crippen molar-refractivity contribution in [2.75, 3.05) is 0 Å². The van der Waals surface area contributed by atoms with E-state index in [4.69, 9.17) is 16.9 Å². The smallest absolute Gasteiger partial charge is 0.207 e. The maximum absolute atomic E-state index is 12.1. The fourth-order valence-corrected chi connectivity index (χ4v) is 3.40. The second kappa shape index (κ2) is 6.19. The number of sulfonamides is 1. The molecule has 0 aliphatic carbocycles. The van der Waals surface area contributed by atoms with Gasteiger partial charge in [-0.05, 0) is 31.0 Å². The zero-order chi connectivity index (χ0) is 13.8. The van der Waals surface area contributed by atoms with Crippen molar-refractivity contribution in [2.45, 2.75) is 37.6 Å². The Morgan fingerprint density at radius 2 is 2.17 bits per heavy atom. The largest absolute Gasteiger partial charge is 0.242 e. The Kier molecular flexibility index (Phi) is 5.15. The van der Waals surface area contributed by atoms with Crippen molar-refractivity contribution in [1.82, 2.24) is 4.72 Å². The lowest BCUT2D eigenvalue weighted by molar-refractivity contribution is 0.543. The van der Waals surface area contributed by atoms with Crippen LogP contribution in [-0.4, -0.2) is 14.5 Å². The van der Waals surface area contributed by atoms with Crippen molar-refractivity contribution in [3.8, 4) is 6.07 Å². The highest BCUT2D eigenvalue weighted by molar-refractivity contribution is 7.89. The van der Waals surface area contributed by atoms with E-state index in [0.29, 0.717) is 6.42 Å². The van der Waals surface area contributed by atoms with Gasteiger partial charge in [0.25, 0.3) is 0 Å². The van der Waals surface area contributed by atoms with Crippen LogP contribution in [-0.2, 0) is 10.0 Å². The number of nitriles is 1. The van der Waals surface area contributed by atoms with E-state index in [1.54, 1.807) is 12.1 Å². The predicted octanol–water partition coefficient (Wildman–Crippen LogP) is 2.62. The lowest BCUT2D eigenvalue weighted by Gasteiger charge is -2.14. The monoisotopic (exact) mass is 286 g/mol. The zero-order valence-corrected chi connectivity index (χ0v) is 11.8. The van der Waals surface area contributed by atoms with E-state index in [-0.39, 0.29) is 16.3 Å². The molecule has 0 saturated carbocycles. The molecule has 1 aromatic carbocycles. The molecule has 18 heavy (non-hydrogen) atoms. The average Bonchev–Trinajstić information content (AvgIpc) is 2.27. The third-order valence-corrected chi connectivity index (χ3v) is 4.53. The van der Waals surface area contributed by atoms with Gasteiger partial charge in [0, 0.05) is 6.04 Å². The van der Waals surface area contributed by atoms with Gasteiger partial charge >= 0.3 is 0 Å². The minimum absolute atomic E-state index is 0.0474. The molecule has 0 radical (unpaired) electrons. The van der Waals surface area contributed by atoms with Crippen LogP contribution in [0.4, 0.5) is 0 Å². The Morgan fingerprint density at radius 3 is 2.67 bits per heavy atom. The molecule has 1 N–H and O–H groups in total. The first-order valence-electron chi connectivity index (χ1n) is 5.56. The summed E-state index contributed by atoms with van der Waals surface area (Å²) >= 11 is 5.93. The van der Waals surface area contributed by atoms with Crippen molar-refractivity contribution in [1.29, 1.82) is 5.26 Å². The Hall–Kier alpha value is -1.09. The molecule has 0 amide bonds. The van der Waals surface area contributed by atoms with Crippen LogP contribution >= 0.6 is 11.6 Å². The van der Waals surface area contributed by atoms with E-state index >= 15 is 0 Å². The standard InChI is InChI=1S/C12H15ClN2O2S/c1-3-10(6-7-14)15-18(16,17)12-5-4-9(2)8-11(12)13/h4-5,8,10,15H,3,6H2,1-2H3. The molecular formula is C12H15ClN2O2S. The van der Waals surface area contributed by atoms with Gasteiger partial charge < -0.3 is 0 Å². The van der Waals surface area contributed by atoms with Gasteiger partial charge in [-0.3, -0.25) is 0 Å². The molecule has 1 rings (SSSR count). The molecular weight excluding hydrogens is 272 g/mol. The number of hydrogen-bond donors (Lipinski definition) is 1. The minimum Gasteiger partial charge on any atom is -0.207 e. The van der Waals surface area contributed by atoms with Crippen LogP contribution in [0.25, 0.3) is 0 Å². The van der Waals surface area contributed by atoms with Crippen molar-refractivity contribution in [2.24, 2.45) is 0 Å². The highest BCUT2D eigenvalue weighted by Crippen LogP contribution is 2.22. The van der Waals surface area contributed by atoms with E-state index in [2.05, 4.69) is 4.72 Å². The molecule has 0 fully saturated rings. The van der Waals surface area contributed by atoms with Gasteiger partial charge in [0.1, 0.15) is 4.90 Å². The summed E-state index contributed by atoms with van der Waals surface area (Å²) in [5.74, 6) is 0. The minimum atomic E-state index is -3.67. The maximum Gasteiger partial charge on any atom is 0.242 e. The molecule has 0 saturated heterocycles. The number of rotatable bonds is 5. The fraction of sp³-hybridized carbons (Fsp3) is 0.417. The van der Waals surface area contributed by atoms with Gasteiger partial charge in [0.15, 0.2) is 0 Å². The summed E-state index contributed by atoms with van der Waals surface area (Å²) in [6, 6.07) is 6.32. The molecule has 4 nitrogen and oxygen atoms in total. The van der Waals surface area contributed by atoms with Crippen LogP contribution in [0.2, 0.25) is 5.02 Å². The Morgan fingerprint density at radius 1 is 1.50 bits per heavy atom. The molecule has 0 aromatic heterocycles. The molecule has 0 spiro atoms. The second-order valence-electron chi connectivity index (χ2n) is 4.02. The summed E-state index contributed by atoms with van der Waals surface area (Å²) < 4.78 is 26.7. The quantitative estimate of drug-likeness (QED) is 0.904. The summed E-state index contributed by atoms with van der Waals surface area (Å²) in [6.45, 7) is 3.65. The van der Waals surface area contributed by atoms with Crippen molar-refractivity contribution in [3.63, 3.8) is 0 Å². The predicted molar refractivity (Wildman–Crippen MR) is 70.8 cm³/mol. The van der Waals surface area contributed by atoms with E-state index in [0.717, 1.165) is 5.56 Å². The normalized spacial score (nSPS) is 13.0. The van der Waals surface area contributed by atoms with Crippen molar-refractivity contribution >= 4 is 21.6 Å². The van der Waals surface area contributed by atoms with E-state index in [1.165, 1.54) is 6.07 Å². The third-order valence-electron chi connectivity index (χ3n) is 2.53. The molecule has 0 bridgehead atoms. The summed E-state index contributed by atoms with van der Waals surface area (Å²) in [5, 5.41) is 8.80. The number of aryl methyl sites for hydroxylation is 1. The van der Waals surface area contributed by atoms with Gasteiger partial charge in [-0.15, -0.1) is 0 Å². The van der Waals surface area contributed by atoms with Crippen LogP contribution in [0.15, 0.2) is 23.1 Å². The first kappa shape index (κ1) is 15.0. The molecule has 1 unspecified atom stereocenters. The summed E-state index contributed by atoms with van der Waals surface area (Å²) in [7, 11) is -3.67. The Bertz CT molecular complexity index is 564. The summed E-state index contributed by atoms with van der Waals surface area (Å²) in [6.07, 6.45) is 0.690. The van der Waals surface area contributed by atoms with Crippen LogP contribution in [0.3, 0.4) is 0 Å². The van der Waals surface area contributed by atoms with Crippen molar-refractivity contribution in [3.05, 3.63) is 28.8 Å². The first-order chi connectivity index (χ1) is 8.40.